The predicted octanol–water partition coefficient (Wildman–Crippen LogP) is 8.83. The average molecular weight is 859 g/mol. The van der Waals surface area contributed by atoms with Crippen LogP contribution in [0.25, 0.3) is 55.6 Å². The summed E-state index contributed by atoms with van der Waals surface area (Å²) in [6, 6.07) is 14.4. The van der Waals surface area contributed by atoms with Crippen LogP contribution in [0.5, 0.6) is 0 Å². The zero-order chi connectivity index (χ0) is 45.1. The van der Waals surface area contributed by atoms with Gasteiger partial charge in [0.2, 0.25) is 11.8 Å². The lowest BCUT2D eigenvalue weighted by Gasteiger charge is -2.30. The van der Waals surface area contributed by atoms with Crippen LogP contribution in [0.15, 0.2) is 65.3 Å². The third kappa shape index (κ3) is 8.20. The third-order valence-corrected chi connectivity index (χ3v) is 12.7. The number of hydrogen-bond acceptors (Lipinski definition) is 9. The molecule has 15 heteroatoms. The molecule has 2 bridgehead atoms. The average Bonchev–Trinajstić information content (AvgIpc) is 4.12. The van der Waals surface area contributed by atoms with Gasteiger partial charge in [0, 0.05) is 29.4 Å². The van der Waals surface area contributed by atoms with Crippen molar-refractivity contribution in [2.75, 3.05) is 27.3 Å². The molecule has 4 aromatic heterocycles. The van der Waals surface area contributed by atoms with E-state index in [9.17, 15) is 19.2 Å². The number of aromatic nitrogens is 4. The van der Waals surface area contributed by atoms with E-state index >= 15 is 0 Å². The summed E-state index contributed by atoms with van der Waals surface area (Å²) in [5, 5.41) is 7.45. The molecule has 2 aliphatic heterocycles. The normalized spacial score (nSPS) is 19.3. The summed E-state index contributed by atoms with van der Waals surface area (Å²) in [4.78, 5) is 72.7. The Bertz CT molecular complexity index is 2650. The van der Waals surface area contributed by atoms with Gasteiger partial charge in [-0.2, -0.15) is 0 Å². The Morgan fingerprint density at radius 3 is 1.56 bits per heavy atom. The first-order chi connectivity index (χ1) is 29.9. The Labute approximate surface area is 367 Å². The number of methoxy groups -OCH3 is 2. The van der Waals surface area contributed by atoms with E-state index in [4.69, 9.17) is 23.9 Å². The summed E-state index contributed by atoms with van der Waals surface area (Å²) in [7, 11) is 2.58. The fourth-order valence-corrected chi connectivity index (χ4v) is 9.56. The van der Waals surface area contributed by atoms with Gasteiger partial charge in [0.25, 0.3) is 0 Å². The van der Waals surface area contributed by atoms with E-state index in [0.29, 0.717) is 31.2 Å². The molecule has 2 aromatic carbocycles. The maximum Gasteiger partial charge on any atom is 0.407 e. The molecule has 2 aliphatic rings. The molecular formula is C48H58N8O7. The van der Waals surface area contributed by atoms with Crippen molar-refractivity contribution in [2.45, 2.75) is 92.4 Å². The number of imidazole rings is 2. The molecule has 332 valence electrons. The monoisotopic (exact) mass is 858 g/mol. The first-order valence-electron chi connectivity index (χ1n) is 21.7. The largest absolute Gasteiger partial charge is 0.456 e. The summed E-state index contributed by atoms with van der Waals surface area (Å²) < 4.78 is 16.0. The second-order valence-corrected chi connectivity index (χ2v) is 19.4. The number of furan rings is 2. The number of ether oxygens (including phenoxy) is 2. The van der Waals surface area contributed by atoms with Crippen LogP contribution in [0.4, 0.5) is 9.59 Å². The molecule has 2 fully saturated rings. The van der Waals surface area contributed by atoms with Crippen molar-refractivity contribution in [1.29, 1.82) is 0 Å². The maximum absolute atomic E-state index is 14.0. The third-order valence-electron chi connectivity index (χ3n) is 12.7. The van der Waals surface area contributed by atoms with Crippen molar-refractivity contribution in [3.63, 3.8) is 0 Å². The number of carbonyl (C=O) groups is 4. The van der Waals surface area contributed by atoms with E-state index in [1.807, 2.05) is 62.0 Å². The van der Waals surface area contributed by atoms with Gasteiger partial charge in [0.05, 0.1) is 50.1 Å². The van der Waals surface area contributed by atoms with Crippen LogP contribution >= 0.6 is 0 Å². The summed E-state index contributed by atoms with van der Waals surface area (Å²) in [5.74, 6) is 0.764. The van der Waals surface area contributed by atoms with Crippen LogP contribution < -0.4 is 10.6 Å². The Hall–Kier alpha value is -6.38. The Kier molecular flexibility index (Phi) is 11.3. The van der Waals surface area contributed by atoms with E-state index < -0.39 is 24.3 Å². The molecule has 4 atom stereocenters. The van der Waals surface area contributed by atoms with Gasteiger partial charge in [-0.25, -0.2) is 19.6 Å². The SMILES string of the molecule is COC(=O)N[C@H](C(=O)N1CC(C)(C)C[C@H]1c1ncc(-c2ccc(-c3ccc(-c4cnc([C@@H]5CC(C)(C)CN5C(=O)[C@@H](NC(=O)OC)C(C)C)[nH]4)c4c5ccc(o5)c34)cc2)[nH]1)C(C)C. The van der Waals surface area contributed by atoms with Gasteiger partial charge < -0.3 is 44.3 Å². The van der Waals surface area contributed by atoms with Gasteiger partial charge >= 0.3 is 12.2 Å². The molecule has 63 heavy (non-hydrogen) atoms. The zero-order valence-corrected chi connectivity index (χ0v) is 37.7. The Morgan fingerprint density at radius 2 is 1.08 bits per heavy atom. The van der Waals surface area contributed by atoms with Crippen molar-refractivity contribution in [2.24, 2.45) is 22.7 Å². The minimum atomic E-state index is -0.743. The molecule has 0 spiro atoms. The lowest BCUT2D eigenvalue weighted by Crippen LogP contribution is -2.51. The molecule has 4 N–H and O–H groups in total. The van der Waals surface area contributed by atoms with Gasteiger partial charge in [-0.15, -0.1) is 0 Å². The second kappa shape index (κ2) is 16.4. The maximum atomic E-state index is 14.0. The number of rotatable bonds is 11. The molecule has 0 aliphatic carbocycles. The van der Waals surface area contributed by atoms with Crippen molar-refractivity contribution < 1.29 is 33.1 Å². The topological polar surface area (TPSA) is 188 Å². The van der Waals surface area contributed by atoms with E-state index in [0.717, 1.165) is 62.0 Å². The van der Waals surface area contributed by atoms with E-state index in [-0.39, 0.29) is 46.6 Å². The van der Waals surface area contributed by atoms with Gasteiger partial charge in [0.1, 0.15) is 34.9 Å². The molecule has 15 nitrogen and oxygen atoms in total. The van der Waals surface area contributed by atoms with Crippen LogP contribution in [0, 0.1) is 22.7 Å². The van der Waals surface area contributed by atoms with E-state index in [1.165, 1.54) is 14.2 Å². The molecular weight excluding hydrogens is 801 g/mol. The van der Waals surface area contributed by atoms with Gasteiger partial charge in [-0.05, 0) is 64.3 Å². The molecule has 0 radical (unpaired) electrons. The number of carbonyl (C=O) groups excluding carboxylic acids is 4. The number of hydrogen-bond donors (Lipinski definition) is 4. The number of alkyl carbamates (subject to hydrolysis) is 2. The Morgan fingerprint density at radius 1 is 0.651 bits per heavy atom. The molecule has 4 amide bonds. The predicted molar refractivity (Wildman–Crippen MR) is 240 cm³/mol. The highest BCUT2D eigenvalue weighted by molar-refractivity contribution is 6.19. The summed E-state index contributed by atoms with van der Waals surface area (Å²) in [5.41, 5.74) is 6.80. The number of H-pyrrole nitrogens is 2. The highest BCUT2D eigenvalue weighted by atomic mass is 16.5. The van der Waals surface area contributed by atoms with Crippen LogP contribution in [-0.2, 0) is 19.1 Å². The van der Waals surface area contributed by atoms with Gasteiger partial charge in [-0.1, -0.05) is 91.8 Å². The first kappa shape index (κ1) is 43.3. The molecule has 0 unspecified atom stereocenters. The minimum absolute atomic E-state index is 0.139. The van der Waals surface area contributed by atoms with Gasteiger partial charge in [0.15, 0.2) is 0 Å². The summed E-state index contributed by atoms with van der Waals surface area (Å²) in [6.45, 7) is 17.2. The number of aromatic amines is 2. The lowest BCUT2D eigenvalue weighted by molar-refractivity contribution is -0.136. The standard InChI is InChI=1S/C48H58N8O7/c1-25(2)39(53-45(59)61-9)43(57)55-23-47(5,6)19-33(55)41-49-21-31(51-41)28-13-11-27(12-14-28)29-15-16-30(38-36-18-17-35(63-36)37(29)38)32-22-50-42(52-32)34-20-48(7,8)24-56(34)44(58)40(26(3)4)54-46(60)62-10/h11-18,21-22,25-26,33-34,39-40H,19-20,23-24H2,1-10H3,(H,49,51)(H,50,52)(H,53,59)(H,54,60)/t33-,34-,39-,40-/m0/s1. The fourth-order valence-electron chi connectivity index (χ4n) is 9.56. The van der Waals surface area contributed by atoms with E-state index in [1.54, 1.807) is 0 Å². The highest BCUT2D eigenvalue weighted by Gasteiger charge is 2.46. The summed E-state index contributed by atoms with van der Waals surface area (Å²) >= 11 is 0. The van der Waals surface area contributed by atoms with E-state index in [2.05, 4.69) is 84.7 Å². The number of nitrogens with one attached hydrogen (secondary N) is 4. The number of amides is 4. The first-order valence-corrected chi connectivity index (χ1v) is 21.7. The Balaban J connectivity index is 1.05. The molecule has 2 saturated heterocycles. The van der Waals surface area contributed by atoms with Crippen LogP contribution in [-0.4, -0.2) is 93.1 Å². The minimum Gasteiger partial charge on any atom is -0.456 e. The zero-order valence-electron chi connectivity index (χ0n) is 37.7. The second-order valence-electron chi connectivity index (χ2n) is 19.4. The lowest BCUT2D eigenvalue weighted by atomic mass is 9.90. The molecule has 6 aromatic rings. The quantitative estimate of drug-likeness (QED) is 0.0987. The smallest absolute Gasteiger partial charge is 0.407 e. The number of likely N-dealkylation sites (tertiary alicyclic amines) is 2. The van der Waals surface area contributed by atoms with Crippen LogP contribution in [0.2, 0.25) is 0 Å². The summed E-state index contributed by atoms with van der Waals surface area (Å²) in [6.07, 6.45) is 3.77. The highest BCUT2D eigenvalue weighted by Crippen LogP contribution is 2.47. The number of benzene rings is 3. The van der Waals surface area contributed by atoms with Crippen molar-refractivity contribution in [3.8, 4) is 33.6 Å². The number of fused-ring (bicyclic) bond motifs is 5. The van der Waals surface area contributed by atoms with Crippen molar-refractivity contribution >= 4 is 45.9 Å². The number of nitrogens with zero attached hydrogens (tertiary/aromatic N) is 4. The fraction of sp³-hybridized carbons (Fsp3) is 0.458. The van der Waals surface area contributed by atoms with Crippen molar-refractivity contribution in [1.82, 2.24) is 40.4 Å². The van der Waals surface area contributed by atoms with Crippen LogP contribution in [0.1, 0.15) is 92.0 Å². The van der Waals surface area contributed by atoms with Crippen LogP contribution in [0.3, 0.4) is 0 Å². The van der Waals surface area contributed by atoms with Gasteiger partial charge in [-0.3, -0.25) is 9.59 Å². The van der Waals surface area contributed by atoms with Crippen molar-refractivity contribution in [3.05, 3.63) is 72.6 Å². The molecule has 0 saturated carbocycles. The molecule has 6 heterocycles. The molecule has 8 rings (SSSR count).